The molecule has 0 atom stereocenters. The first-order valence-corrected chi connectivity index (χ1v) is 10.5. The number of carbonyl (C=O) groups excluding carboxylic acids is 1. The highest BCUT2D eigenvalue weighted by Gasteiger charge is 2.28. The van der Waals surface area contributed by atoms with Crippen LogP contribution in [-0.2, 0) is 14.6 Å². The van der Waals surface area contributed by atoms with Crippen molar-refractivity contribution in [2.24, 2.45) is 0 Å². The topological polar surface area (TPSA) is 79.4 Å². The van der Waals surface area contributed by atoms with Crippen molar-refractivity contribution in [3.05, 3.63) is 18.3 Å². The zero-order valence-electron chi connectivity index (χ0n) is 13.9. The van der Waals surface area contributed by atoms with Gasteiger partial charge in [0.1, 0.15) is 5.82 Å². The van der Waals surface area contributed by atoms with E-state index in [1.807, 2.05) is 6.07 Å². The maximum atomic E-state index is 12.2. The van der Waals surface area contributed by atoms with Crippen LogP contribution in [0.15, 0.2) is 18.3 Å². The van der Waals surface area contributed by atoms with Crippen LogP contribution < -0.4 is 10.2 Å². The Bertz CT molecular complexity index is 661. The second kappa shape index (κ2) is 7.51. The molecule has 132 valence electrons. The molecule has 1 amide bonds. The van der Waals surface area contributed by atoms with Gasteiger partial charge < -0.3 is 10.2 Å². The van der Waals surface area contributed by atoms with Gasteiger partial charge in [-0.05, 0) is 37.8 Å². The standard InChI is InChI=1S/C17H25N3O3S/c21-17(9-12-24(22,23)15-5-1-2-6-15)19-16-8-7-14(13-18-16)20-10-3-4-11-20/h7-8,13,15H,1-6,9-12H2,(H,18,19,21). The van der Waals surface area contributed by atoms with Crippen LogP contribution in [0.1, 0.15) is 44.9 Å². The van der Waals surface area contributed by atoms with Crippen LogP contribution in [0.3, 0.4) is 0 Å². The van der Waals surface area contributed by atoms with Crippen LogP contribution in [0.5, 0.6) is 0 Å². The summed E-state index contributed by atoms with van der Waals surface area (Å²) in [5.41, 5.74) is 1.06. The molecule has 0 spiro atoms. The lowest BCUT2D eigenvalue weighted by Crippen LogP contribution is -2.24. The fraction of sp³-hybridized carbons (Fsp3) is 0.647. The van der Waals surface area contributed by atoms with Gasteiger partial charge in [-0.15, -0.1) is 0 Å². The smallest absolute Gasteiger partial charge is 0.226 e. The quantitative estimate of drug-likeness (QED) is 0.851. The van der Waals surface area contributed by atoms with E-state index in [4.69, 9.17) is 0 Å². The van der Waals surface area contributed by atoms with Gasteiger partial charge in [0.05, 0.1) is 22.9 Å². The van der Waals surface area contributed by atoms with Gasteiger partial charge in [0.15, 0.2) is 9.84 Å². The van der Waals surface area contributed by atoms with E-state index >= 15 is 0 Å². The van der Waals surface area contributed by atoms with Crippen LogP contribution >= 0.6 is 0 Å². The lowest BCUT2D eigenvalue weighted by molar-refractivity contribution is -0.115. The number of sulfone groups is 1. The van der Waals surface area contributed by atoms with E-state index in [0.29, 0.717) is 5.82 Å². The first kappa shape index (κ1) is 17.2. The van der Waals surface area contributed by atoms with Crippen LogP contribution in [0, 0.1) is 0 Å². The minimum Gasteiger partial charge on any atom is -0.370 e. The number of hydrogen-bond donors (Lipinski definition) is 1. The number of nitrogens with one attached hydrogen (secondary N) is 1. The SMILES string of the molecule is O=C(CCS(=O)(=O)C1CCCC1)Nc1ccc(N2CCCC2)cn1. The van der Waals surface area contributed by atoms with E-state index in [1.165, 1.54) is 12.8 Å². The summed E-state index contributed by atoms with van der Waals surface area (Å²) < 4.78 is 24.4. The second-order valence-corrected chi connectivity index (χ2v) is 9.07. The molecule has 2 fully saturated rings. The van der Waals surface area contributed by atoms with E-state index in [2.05, 4.69) is 15.2 Å². The minimum absolute atomic E-state index is 0.00557. The average molecular weight is 351 g/mol. The van der Waals surface area contributed by atoms with Crippen molar-refractivity contribution < 1.29 is 13.2 Å². The minimum atomic E-state index is -3.15. The summed E-state index contributed by atoms with van der Waals surface area (Å²) in [6.45, 7) is 2.10. The third-order valence-corrected chi connectivity index (χ3v) is 7.17. The number of aromatic nitrogens is 1. The molecule has 2 heterocycles. The molecule has 0 unspecified atom stereocenters. The predicted octanol–water partition coefficient (Wildman–Crippen LogP) is 2.37. The Balaban J connectivity index is 1.49. The third-order valence-electron chi connectivity index (χ3n) is 4.91. The van der Waals surface area contributed by atoms with Crippen molar-refractivity contribution >= 4 is 27.2 Å². The Morgan fingerprint density at radius 2 is 1.88 bits per heavy atom. The first-order valence-electron chi connectivity index (χ1n) is 8.77. The van der Waals surface area contributed by atoms with Crippen molar-refractivity contribution in [1.29, 1.82) is 0 Å². The van der Waals surface area contributed by atoms with E-state index < -0.39 is 9.84 Å². The van der Waals surface area contributed by atoms with Gasteiger partial charge >= 0.3 is 0 Å². The van der Waals surface area contributed by atoms with Crippen molar-refractivity contribution in [3.63, 3.8) is 0 Å². The molecule has 24 heavy (non-hydrogen) atoms. The summed E-state index contributed by atoms with van der Waals surface area (Å²) in [5, 5.41) is 2.44. The van der Waals surface area contributed by atoms with Gasteiger partial charge in [0.2, 0.25) is 5.91 Å². The molecule has 0 aromatic carbocycles. The van der Waals surface area contributed by atoms with Gasteiger partial charge in [-0.1, -0.05) is 12.8 Å². The van der Waals surface area contributed by atoms with Gasteiger partial charge in [-0.2, -0.15) is 0 Å². The summed E-state index contributed by atoms with van der Waals surface area (Å²) >= 11 is 0. The fourth-order valence-corrected chi connectivity index (χ4v) is 5.33. The Kier molecular flexibility index (Phi) is 5.38. The predicted molar refractivity (Wildman–Crippen MR) is 95.0 cm³/mol. The van der Waals surface area contributed by atoms with Crippen molar-refractivity contribution in [2.75, 3.05) is 29.1 Å². The summed E-state index contributed by atoms with van der Waals surface area (Å²) in [5.74, 6) is 0.106. The van der Waals surface area contributed by atoms with Gasteiger partial charge in [0, 0.05) is 19.5 Å². The van der Waals surface area contributed by atoms with Crippen molar-refractivity contribution in [3.8, 4) is 0 Å². The molecular formula is C17H25N3O3S. The lowest BCUT2D eigenvalue weighted by Gasteiger charge is -2.17. The highest BCUT2D eigenvalue weighted by Crippen LogP contribution is 2.25. The Hall–Kier alpha value is -1.63. The monoisotopic (exact) mass is 351 g/mol. The van der Waals surface area contributed by atoms with Gasteiger partial charge in [-0.3, -0.25) is 4.79 Å². The maximum Gasteiger partial charge on any atom is 0.226 e. The average Bonchev–Trinajstić information content (AvgIpc) is 3.27. The largest absolute Gasteiger partial charge is 0.370 e. The van der Waals surface area contributed by atoms with E-state index in [9.17, 15) is 13.2 Å². The molecule has 1 aliphatic heterocycles. The third kappa shape index (κ3) is 4.26. The number of carbonyl (C=O) groups is 1. The van der Waals surface area contributed by atoms with Crippen LogP contribution in [0.25, 0.3) is 0 Å². The molecule has 0 radical (unpaired) electrons. The number of amides is 1. The number of pyridine rings is 1. The molecule has 1 saturated heterocycles. The van der Waals surface area contributed by atoms with E-state index in [-0.39, 0.29) is 23.3 Å². The maximum absolute atomic E-state index is 12.2. The molecule has 2 aliphatic rings. The zero-order chi connectivity index (χ0) is 17.0. The summed E-state index contributed by atoms with van der Waals surface area (Å²) in [6, 6.07) is 3.72. The lowest BCUT2D eigenvalue weighted by atomic mass is 10.3. The number of rotatable bonds is 6. The van der Waals surface area contributed by atoms with Crippen molar-refractivity contribution in [1.82, 2.24) is 4.98 Å². The second-order valence-electron chi connectivity index (χ2n) is 6.67. The first-order chi connectivity index (χ1) is 11.5. The Morgan fingerprint density at radius 3 is 2.50 bits per heavy atom. The molecular weight excluding hydrogens is 326 g/mol. The molecule has 1 aromatic rings. The van der Waals surface area contributed by atoms with Crippen LogP contribution in [-0.4, -0.2) is 43.4 Å². The molecule has 0 bridgehead atoms. The van der Waals surface area contributed by atoms with E-state index in [0.717, 1.165) is 44.5 Å². The molecule has 1 aromatic heterocycles. The number of hydrogen-bond acceptors (Lipinski definition) is 5. The zero-order valence-corrected chi connectivity index (χ0v) is 14.7. The number of nitrogens with zero attached hydrogens (tertiary/aromatic N) is 2. The van der Waals surface area contributed by atoms with Gasteiger partial charge in [-0.25, -0.2) is 13.4 Å². The van der Waals surface area contributed by atoms with Crippen molar-refractivity contribution in [2.45, 2.75) is 50.2 Å². The Labute approximate surface area is 143 Å². The molecule has 3 rings (SSSR count). The van der Waals surface area contributed by atoms with Gasteiger partial charge in [0.25, 0.3) is 0 Å². The number of anilines is 2. The van der Waals surface area contributed by atoms with E-state index in [1.54, 1.807) is 12.3 Å². The summed E-state index contributed by atoms with van der Waals surface area (Å²) in [6.07, 6.45) is 7.59. The Morgan fingerprint density at radius 1 is 1.17 bits per heavy atom. The molecule has 1 N–H and O–H groups in total. The molecule has 7 heteroatoms. The fourth-order valence-electron chi connectivity index (χ4n) is 3.48. The van der Waals surface area contributed by atoms with Crippen LogP contribution in [0.4, 0.5) is 11.5 Å². The highest BCUT2D eigenvalue weighted by molar-refractivity contribution is 7.92. The van der Waals surface area contributed by atoms with Crippen LogP contribution in [0.2, 0.25) is 0 Å². The molecule has 6 nitrogen and oxygen atoms in total. The summed E-state index contributed by atoms with van der Waals surface area (Å²) in [4.78, 5) is 18.5. The molecule has 1 saturated carbocycles. The highest BCUT2D eigenvalue weighted by atomic mass is 32.2. The normalized spacial score (nSPS) is 18.9. The summed E-state index contributed by atoms with van der Waals surface area (Å²) in [7, 11) is -3.15. The molecule has 1 aliphatic carbocycles.